The first-order valence-corrected chi connectivity index (χ1v) is 7.67. The molecule has 0 unspecified atom stereocenters. The highest BCUT2D eigenvalue weighted by atomic mass is 35.5. The topological polar surface area (TPSA) is 62.5 Å². The van der Waals surface area contributed by atoms with Crippen LogP contribution in [-0.4, -0.2) is 39.0 Å². The summed E-state index contributed by atoms with van der Waals surface area (Å²) in [5, 5.41) is 10.5. The van der Waals surface area contributed by atoms with Crippen LogP contribution in [0.4, 0.5) is 0 Å². The molecule has 22 heavy (non-hydrogen) atoms. The van der Waals surface area contributed by atoms with Crippen molar-refractivity contribution in [2.75, 3.05) is 6.54 Å². The molecular formula is C16H17ClN2O3. The van der Waals surface area contributed by atoms with Crippen LogP contribution in [0.2, 0.25) is 5.02 Å². The van der Waals surface area contributed by atoms with Crippen LogP contribution in [0.5, 0.6) is 0 Å². The normalized spacial score (nSPS) is 18.6. The van der Waals surface area contributed by atoms with E-state index >= 15 is 0 Å². The Kier molecular flexibility index (Phi) is 3.83. The molecule has 1 aliphatic rings. The molecule has 0 bridgehead atoms. The average Bonchev–Trinajstić information content (AvgIpc) is 2.79. The Hall–Kier alpha value is -2.01. The lowest BCUT2D eigenvalue weighted by Crippen LogP contribution is -2.48. The van der Waals surface area contributed by atoms with Crippen LogP contribution in [0.3, 0.4) is 0 Å². The van der Waals surface area contributed by atoms with Crippen LogP contribution >= 0.6 is 11.6 Å². The van der Waals surface area contributed by atoms with E-state index in [-0.39, 0.29) is 5.91 Å². The number of hydrogen-bond acceptors (Lipinski definition) is 2. The van der Waals surface area contributed by atoms with Crippen LogP contribution in [0.15, 0.2) is 24.3 Å². The third kappa shape index (κ3) is 2.25. The second kappa shape index (κ2) is 5.65. The molecule has 5 nitrogen and oxygen atoms in total. The number of aryl methyl sites for hydroxylation is 1. The first kappa shape index (κ1) is 14.9. The van der Waals surface area contributed by atoms with Crippen molar-refractivity contribution < 1.29 is 14.7 Å². The maximum atomic E-state index is 12.9. The van der Waals surface area contributed by atoms with Crippen LogP contribution in [0.25, 0.3) is 10.9 Å². The van der Waals surface area contributed by atoms with Gasteiger partial charge >= 0.3 is 5.97 Å². The molecule has 0 spiro atoms. The van der Waals surface area contributed by atoms with Crippen LogP contribution < -0.4 is 0 Å². The number of likely N-dealkylation sites (tertiary alicyclic amines) is 1. The zero-order valence-electron chi connectivity index (χ0n) is 12.3. The molecule has 1 aromatic heterocycles. The maximum absolute atomic E-state index is 12.9. The molecule has 2 aromatic rings. The molecule has 3 rings (SSSR count). The van der Waals surface area contributed by atoms with Gasteiger partial charge in [-0.3, -0.25) is 4.79 Å². The zero-order valence-corrected chi connectivity index (χ0v) is 13.0. The summed E-state index contributed by atoms with van der Waals surface area (Å²) in [4.78, 5) is 25.7. The summed E-state index contributed by atoms with van der Waals surface area (Å²) in [5.41, 5.74) is 1.22. The fraction of sp³-hybridized carbons (Fsp3) is 0.375. The molecule has 0 saturated carbocycles. The van der Waals surface area contributed by atoms with Crippen molar-refractivity contribution in [2.45, 2.75) is 25.3 Å². The number of carbonyl (C=O) groups excluding carboxylic acids is 1. The van der Waals surface area contributed by atoms with Gasteiger partial charge in [0, 0.05) is 24.5 Å². The molecule has 2 heterocycles. The van der Waals surface area contributed by atoms with Gasteiger partial charge in [0.15, 0.2) is 0 Å². The van der Waals surface area contributed by atoms with Crippen LogP contribution in [0.1, 0.15) is 29.8 Å². The van der Waals surface area contributed by atoms with Gasteiger partial charge in [0.05, 0.1) is 5.02 Å². The lowest BCUT2D eigenvalue weighted by molar-refractivity contribution is -0.143. The number of amides is 1. The highest BCUT2D eigenvalue weighted by molar-refractivity contribution is 6.38. The quantitative estimate of drug-likeness (QED) is 0.925. The van der Waals surface area contributed by atoms with Crippen molar-refractivity contribution in [3.8, 4) is 0 Å². The lowest BCUT2D eigenvalue weighted by atomic mass is 10.0. The summed E-state index contributed by atoms with van der Waals surface area (Å²) in [6.07, 6.45) is 2.13. The summed E-state index contributed by atoms with van der Waals surface area (Å²) in [6, 6.07) is 6.73. The molecule has 116 valence electrons. The van der Waals surface area contributed by atoms with E-state index in [1.807, 2.05) is 24.3 Å². The third-order valence-corrected chi connectivity index (χ3v) is 4.68. The number of fused-ring (bicyclic) bond motifs is 1. The number of rotatable bonds is 2. The van der Waals surface area contributed by atoms with Crippen LogP contribution in [0, 0.1) is 0 Å². The van der Waals surface area contributed by atoms with Gasteiger partial charge in [0.1, 0.15) is 11.7 Å². The number of aliphatic carboxylic acids is 1. The highest BCUT2D eigenvalue weighted by Crippen LogP contribution is 2.32. The minimum atomic E-state index is -0.956. The molecule has 1 aromatic carbocycles. The molecular weight excluding hydrogens is 304 g/mol. The number of para-hydroxylation sites is 1. The Morgan fingerprint density at radius 1 is 1.27 bits per heavy atom. The summed E-state index contributed by atoms with van der Waals surface area (Å²) in [7, 11) is 1.78. The minimum Gasteiger partial charge on any atom is -0.480 e. The predicted molar refractivity (Wildman–Crippen MR) is 84.2 cm³/mol. The van der Waals surface area contributed by atoms with Crippen LogP contribution in [-0.2, 0) is 11.8 Å². The Morgan fingerprint density at radius 3 is 2.68 bits per heavy atom. The van der Waals surface area contributed by atoms with E-state index in [4.69, 9.17) is 11.6 Å². The van der Waals surface area contributed by atoms with E-state index in [2.05, 4.69) is 0 Å². The number of piperidine rings is 1. The monoisotopic (exact) mass is 320 g/mol. The van der Waals surface area contributed by atoms with Crippen molar-refractivity contribution in [2.24, 2.45) is 7.05 Å². The van der Waals surface area contributed by atoms with E-state index in [9.17, 15) is 14.7 Å². The molecule has 1 amide bonds. The fourth-order valence-corrected chi connectivity index (χ4v) is 3.52. The van der Waals surface area contributed by atoms with Gasteiger partial charge < -0.3 is 14.6 Å². The number of aromatic nitrogens is 1. The molecule has 1 aliphatic heterocycles. The highest BCUT2D eigenvalue weighted by Gasteiger charge is 2.35. The molecule has 1 fully saturated rings. The van der Waals surface area contributed by atoms with E-state index in [1.165, 1.54) is 4.90 Å². The third-order valence-electron chi connectivity index (χ3n) is 4.30. The van der Waals surface area contributed by atoms with Gasteiger partial charge in [-0.15, -0.1) is 0 Å². The molecule has 1 atom stereocenters. The SMILES string of the molecule is Cn1c(C(=O)N2CCCC[C@@H]2C(=O)O)c(Cl)c2ccccc21. The largest absolute Gasteiger partial charge is 0.480 e. The summed E-state index contributed by atoms with van der Waals surface area (Å²) in [5.74, 6) is -1.27. The van der Waals surface area contributed by atoms with Gasteiger partial charge in [-0.05, 0) is 25.3 Å². The number of carboxylic acids is 1. The van der Waals surface area contributed by atoms with Gasteiger partial charge in [0.25, 0.3) is 5.91 Å². The Morgan fingerprint density at radius 2 is 2.00 bits per heavy atom. The fourth-order valence-electron chi connectivity index (χ4n) is 3.15. The van der Waals surface area contributed by atoms with E-state index in [0.29, 0.717) is 23.7 Å². The number of benzene rings is 1. The van der Waals surface area contributed by atoms with Crippen molar-refractivity contribution >= 4 is 34.4 Å². The number of carbonyl (C=O) groups is 2. The smallest absolute Gasteiger partial charge is 0.326 e. The number of halogens is 1. The molecule has 1 saturated heterocycles. The molecule has 0 aliphatic carbocycles. The summed E-state index contributed by atoms with van der Waals surface area (Å²) >= 11 is 6.39. The number of carboxylic acid groups (broad SMARTS) is 1. The first-order valence-electron chi connectivity index (χ1n) is 7.29. The minimum absolute atomic E-state index is 0.309. The standard InChI is InChI=1S/C16H17ClN2O3/c1-18-11-7-3-2-6-10(11)13(17)14(18)15(20)19-9-5-4-8-12(19)16(21)22/h2-3,6-7,12H,4-5,8-9H2,1H3,(H,21,22)/t12-/m1/s1. The van der Waals surface area contributed by atoms with E-state index in [0.717, 1.165) is 23.7 Å². The summed E-state index contributed by atoms with van der Waals surface area (Å²) in [6.45, 7) is 0.452. The summed E-state index contributed by atoms with van der Waals surface area (Å²) < 4.78 is 1.74. The first-order chi connectivity index (χ1) is 10.5. The Labute approximate surface area is 133 Å². The Balaban J connectivity index is 2.07. The second-order valence-electron chi connectivity index (χ2n) is 5.59. The van der Waals surface area contributed by atoms with Gasteiger partial charge in [-0.25, -0.2) is 4.79 Å². The predicted octanol–water partition coefficient (Wildman–Crippen LogP) is 2.91. The van der Waals surface area contributed by atoms with E-state index in [1.54, 1.807) is 11.6 Å². The lowest BCUT2D eigenvalue weighted by Gasteiger charge is -2.33. The Bertz CT molecular complexity index is 714. The van der Waals surface area contributed by atoms with Crippen molar-refractivity contribution in [3.63, 3.8) is 0 Å². The van der Waals surface area contributed by atoms with Gasteiger partial charge in [0.2, 0.25) is 0 Å². The van der Waals surface area contributed by atoms with Gasteiger partial charge in [-0.1, -0.05) is 29.8 Å². The van der Waals surface area contributed by atoms with Crippen molar-refractivity contribution in [1.29, 1.82) is 0 Å². The van der Waals surface area contributed by atoms with Crippen molar-refractivity contribution in [3.05, 3.63) is 35.0 Å². The average molecular weight is 321 g/mol. The van der Waals surface area contributed by atoms with Crippen molar-refractivity contribution in [1.82, 2.24) is 9.47 Å². The maximum Gasteiger partial charge on any atom is 0.326 e. The van der Waals surface area contributed by atoms with Gasteiger partial charge in [-0.2, -0.15) is 0 Å². The zero-order chi connectivity index (χ0) is 15.9. The molecule has 0 radical (unpaired) electrons. The van der Waals surface area contributed by atoms with E-state index < -0.39 is 12.0 Å². The molecule has 6 heteroatoms. The molecule has 1 N–H and O–H groups in total. The second-order valence-corrected chi connectivity index (χ2v) is 5.97. The number of nitrogens with zero attached hydrogens (tertiary/aromatic N) is 2. The number of hydrogen-bond donors (Lipinski definition) is 1.